The predicted octanol–water partition coefficient (Wildman–Crippen LogP) is -1.22. The van der Waals surface area contributed by atoms with Crippen molar-refractivity contribution in [3.8, 4) is 0 Å². The molecule has 0 heterocycles. The van der Waals surface area contributed by atoms with E-state index in [0.717, 1.165) is 0 Å². The second kappa shape index (κ2) is 15.5. The van der Waals surface area contributed by atoms with Crippen molar-refractivity contribution >= 4 is 35.9 Å². The first-order valence-electron chi connectivity index (χ1n) is 8.52. The summed E-state index contributed by atoms with van der Waals surface area (Å²) in [5, 5.41) is 9.54. The molecule has 13 nitrogen and oxygen atoms in total. The number of nitrogens with two attached hydrogens (primary N) is 1. The maximum Gasteiger partial charge on any atom is 0.406 e. The van der Waals surface area contributed by atoms with E-state index in [1.807, 2.05) is 0 Å². The zero-order chi connectivity index (χ0) is 22.1. The van der Waals surface area contributed by atoms with E-state index in [1.165, 1.54) is 32.9 Å². The van der Waals surface area contributed by atoms with Crippen molar-refractivity contribution in [3.05, 3.63) is 0 Å². The largest absolute Gasteiger partial charge is 0.449 e. The number of nitrogens with one attached hydrogen (secondary N) is 4. The molecule has 0 saturated carbocycles. The van der Waals surface area contributed by atoms with Crippen LogP contribution < -0.4 is 27.2 Å². The van der Waals surface area contributed by atoms with Crippen LogP contribution >= 0.6 is 11.8 Å². The van der Waals surface area contributed by atoms with Gasteiger partial charge >= 0.3 is 18.3 Å². The molecule has 0 unspecified atom stereocenters. The molecule has 0 aromatic heterocycles. The van der Waals surface area contributed by atoms with Gasteiger partial charge in [0, 0.05) is 39.2 Å². The summed E-state index contributed by atoms with van der Waals surface area (Å²) in [4.78, 5) is 50.1. The summed E-state index contributed by atoms with van der Waals surface area (Å²) in [7, 11) is 4.19. The quantitative estimate of drug-likeness (QED) is 0.133. The highest BCUT2D eigenvalue weighted by atomic mass is 32.2. The highest BCUT2D eigenvalue weighted by Gasteiger charge is 2.36. The van der Waals surface area contributed by atoms with Gasteiger partial charge in [0.15, 0.2) is 0 Å². The van der Waals surface area contributed by atoms with Crippen LogP contribution in [0.1, 0.15) is 0 Å². The van der Waals surface area contributed by atoms with Crippen LogP contribution in [0.25, 0.3) is 0 Å². The first-order valence-corrected chi connectivity index (χ1v) is 9.67. The number of thioether (sulfide) groups is 1. The molecule has 0 fully saturated rings. The minimum absolute atomic E-state index is 0.180. The molecule has 0 rings (SSSR count). The number of carbonyl (C=O) groups excluding carboxylic acids is 4. The monoisotopic (exact) mass is 439 g/mol. The highest BCUT2D eigenvalue weighted by Crippen LogP contribution is 2.26. The number of carbonyl (C=O) groups is 4. The van der Waals surface area contributed by atoms with Crippen LogP contribution in [0.3, 0.4) is 0 Å². The Kier molecular flexibility index (Phi) is 14.2. The van der Waals surface area contributed by atoms with Crippen molar-refractivity contribution < 1.29 is 38.2 Å². The molecule has 0 atom stereocenters. The molecule has 0 aliphatic carbocycles. The number of rotatable bonds is 13. The Morgan fingerprint density at radius 2 is 1.31 bits per heavy atom. The smallest absolute Gasteiger partial charge is 0.406 e. The Bertz CT molecular complexity index is 487. The van der Waals surface area contributed by atoms with Gasteiger partial charge in [0.2, 0.25) is 5.91 Å². The molecule has 0 aromatic rings. The molecule has 4 amide bonds. The van der Waals surface area contributed by atoms with Crippen molar-refractivity contribution in [2.45, 2.75) is 0 Å². The van der Waals surface area contributed by atoms with E-state index >= 15 is 0 Å². The van der Waals surface area contributed by atoms with Gasteiger partial charge in [-0.25, -0.2) is 20.3 Å². The zero-order valence-electron chi connectivity index (χ0n) is 16.7. The Hall–Kier alpha value is -2.45. The molecule has 0 bridgehead atoms. The van der Waals surface area contributed by atoms with E-state index in [4.69, 9.17) is 20.1 Å². The number of amides is 4. The molecular formula is C15H29N5O8S. The van der Waals surface area contributed by atoms with Crippen molar-refractivity contribution in [2.75, 3.05) is 65.6 Å². The summed E-state index contributed by atoms with van der Waals surface area (Å²) >= 11 is 1.38. The molecule has 0 aromatic carbocycles. The normalized spacial score (nSPS) is 10.5. The molecule has 0 saturated heterocycles. The van der Waals surface area contributed by atoms with E-state index in [2.05, 4.69) is 26.1 Å². The third-order valence-corrected chi connectivity index (χ3v) is 4.64. The van der Waals surface area contributed by atoms with Crippen LogP contribution in [0.15, 0.2) is 0 Å². The standard InChI is InChI=1S/C15H29N5O8S/c1-17-12(22)25-7-15(8-26-13(23)18-2,9-27-14(24)19-3)10-29-5-4-20-11(21)6-28-16/h4-10,16H2,1-3H3,(H,17,22)(H,18,23)(H,19,24)(H,20,21). The fraction of sp³-hybridized carbons (Fsp3) is 0.733. The van der Waals surface area contributed by atoms with E-state index in [0.29, 0.717) is 18.1 Å². The molecule has 14 heteroatoms. The lowest BCUT2D eigenvalue weighted by Gasteiger charge is -2.31. The molecule has 6 N–H and O–H groups in total. The van der Waals surface area contributed by atoms with Crippen LogP contribution in [0.5, 0.6) is 0 Å². The number of ether oxygens (including phenoxy) is 3. The van der Waals surface area contributed by atoms with Gasteiger partial charge in [-0.2, -0.15) is 11.8 Å². The Labute approximate surface area is 173 Å². The summed E-state index contributed by atoms with van der Waals surface area (Å²) in [6.45, 7) is -0.469. The lowest BCUT2D eigenvalue weighted by molar-refractivity contribution is -0.125. The summed E-state index contributed by atoms with van der Waals surface area (Å²) < 4.78 is 15.4. The maximum absolute atomic E-state index is 11.5. The first-order chi connectivity index (χ1) is 13.8. The van der Waals surface area contributed by atoms with Gasteiger partial charge in [-0.1, -0.05) is 0 Å². The second-order valence-corrected chi connectivity index (χ2v) is 6.80. The van der Waals surface area contributed by atoms with Gasteiger partial charge in [0.1, 0.15) is 26.4 Å². The van der Waals surface area contributed by atoms with E-state index < -0.39 is 23.7 Å². The number of hydrogen-bond donors (Lipinski definition) is 5. The first kappa shape index (κ1) is 26.6. The van der Waals surface area contributed by atoms with Gasteiger partial charge in [0.05, 0.1) is 5.41 Å². The second-order valence-electron chi connectivity index (χ2n) is 5.69. The fourth-order valence-electron chi connectivity index (χ4n) is 1.80. The molecule has 168 valence electrons. The molecule has 29 heavy (non-hydrogen) atoms. The molecule has 0 aliphatic rings. The van der Waals surface area contributed by atoms with Crippen LogP contribution in [0.4, 0.5) is 14.4 Å². The number of hydrogen-bond acceptors (Lipinski definition) is 10. The van der Waals surface area contributed by atoms with Gasteiger partial charge < -0.3 is 35.5 Å². The predicted molar refractivity (Wildman–Crippen MR) is 104 cm³/mol. The molecular weight excluding hydrogens is 410 g/mol. The number of alkyl carbamates (subject to hydrolysis) is 3. The van der Waals surface area contributed by atoms with Gasteiger partial charge in [-0.15, -0.1) is 0 Å². The Morgan fingerprint density at radius 1 is 0.862 bits per heavy atom. The Morgan fingerprint density at radius 3 is 1.69 bits per heavy atom. The average molecular weight is 439 g/mol. The average Bonchev–Trinajstić information content (AvgIpc) is 2.73. The highest BCUT2D eigenvalue weighted by molar-refractivity contribution is 7.99. The Balaban J connectivity index is 5.02. The minimum Gasteiger partial charge on any atom is -0.449 e. The molecule has 0 spiro atoms. The van der Waals surface area contributed by atoms with Crippen molar-refractivity contribution in [2.24, 2.45) is 11.3 Å². The van der Waals surface area contributed by atoms with Crippen LogP contribution in [-0.4, -0.2) is 89.8 Å². The van der Waals surface area contributed by atoms with Crippen molar-refractivity contribution in [1.29, 1.82) is 0 Å². The topological polar surface area (TPSA) is 179 Å². The summed E-state index contributed by atoms with van der Waals surface area (Å²) in [5.41, 5.74) is -1.01. The lowest BCUT2D eigenvalue weighted by atomic mass is 9.94. The van der Waals surface area contributed by atoms with Crippen LogP contribution in [0.2, 0.25) is 0 Å². The van der Waals surface area contributed by atoms with E-state index in [-0.39, 0.29) is 32.3 Å². The van der Waals surface area contributed by atoms with Gasteiger partial charge in [-0.3, -0.25) is 9.63 Å². The van der Waals surface area contributed by atoms with E-state index in [9.17, 15) is 19.2 Å². The summed E-state index contributed by atoms with van der Waals surface area (Å²) in [6, 6.07) is 0. The van der Waals surface area contributed by atoms with E-state index in [1.54, 1.807) is 0 Å². The summed E-state index contributed by atoms with van der Waals surface area (Å²) in [5.74, 6) is 5.23. The van der Waals surface area contributed by atoms with Crippen molar-refractivity contribution in [3.63, 3.8) is 0 Å². The molecule has 0 aliphatic heterocycles. The van der Waals surface area contributed by atoms with Crippen molar-refractivity contribution in [1.82, 2.24) is 21.3 Å². The zero-order valence-corrected chi connectivity index (χ0v) is 17.5. The third kappa shape index (κ3) is 12.6. The van der Waals surface area contributed by atoms with Crippen LogP contribution in [-0.2, 0) is 23.8 Å². The third-order valence-electron chi connectivity index (χ3n) is 3.33. The van der Waals surface area contributed by atoms with Gasteiger partial charge in [-0.05, 0) is 0 Å². The fourth-order valence-corrected chi connectivity index (χ4v) is 2.87. The maximum atomic E-state index is 11.5. The lowest BCUT2D eigenvalue weighted by Crippen LogP contribution is -2.44. The van der Waals surface area contributed by atoms with Crippen LogP contribution in [0, 0.1) is 5.41 Å². The SMILES string of the molecule is CNC(=O)OCC(COC(=O)NC)(COC(=O)NC)CSCCNC(=O)CON. The molecule has 0 radical (unpaired) electrons. The van der Waals surface area contributed by atoms with Gasteiger partial charge in [0.25, 0.3) is 0 Å². The minimum atomic E-state index is -1.01. The summed E-state index contributed by atoms with van der Waals surface area (Å²) in [6.07, 6.45) is -2.06.